The van der Waals surface area contributed by atoms with E-state index in [0.29, 0.717) is 32.4 Å². The van der Waals surface area contributed by atoms with Crippen LogP contribution in [-0.4, -0.2) is 42.1 Å². The number of carbonyl (C=O) groups is 2. The van der Waals surface area contributed by atoms with Crippen LogP contribution in [0, 0.1) is 5.41 Å². The van der Waals surface area contributed by atoms with E-state index in [4.69, 9.17) is 9.84 Å². The third-order valence-corrected chi connectivity index (χ3v) is 3.57. The molecule has 5 heteroatoms. The average Bonchev–Trinajstić information content (AvgIpc) is 3.25. The van der Waals surface area contributed by atoms with E-state index in [1.165, 1.54) is 4.90 Å². The molecule has 1 amide bonds. The zero-order chi connectivity index (χ0) is 14.6. The van der Waals surface area contributed by atoms with Gasteiger partial charge in [-0.15, -0.1) is 0 Å². The summed E-state index contributed by atoms with van der Waals surface area (Å²) >= 11 is 0. The van der Waals surface area contributed by atoms with Crippen LogP contribution in [0.15, 0.2) is 30.3 Å². The molecule has 0 aliphatic heterocycles. The van der Waals surface area contributed by atoms with E-state index in [2.05, 4.69) is 0 Å². The highest BCUT2D eigenvalue weighted by Crippen LogP contribution is 2.47. The van der Waals surface area contributed by atoms with Crippen molar-refractivity contribution in [1.29, 1.82) is 0 Å². The highest BCUT2D eigenvalue weighted by Gasteiger charge is 2.58. The lowest BCUT2D eigenvalue weighted by atomic mass is 10.1. The van der Waals surface area contributed by atoms with Gasteiger partial charge in [0.15, 0.2) is 0 Å². The maximum absolute atomic E-state index is 12.0. The van der Waals surface area contributed by atoms with Crippen LogP contribution in [0.5, 0.6) is 5.75 Å². The zero-order valence-electron chi connectivity index (χ0n) is 11.5. The molecule has 1 saturated carbocycles. The first kappa shape index (κ1) is 14.4. The molecular weight excluding hydrogens is 258 g/mol. The molecule has 5 nitrogen and oxygen atoms in total. The summed E-state index contributed by atoms with van der Waals surface area (Å²) in [5.74, 6) is -0.495. The molecule has 0 spiro atoms. The molecular formula is C15H19NO4. The Morgan fingerprint density at radius 1 is 1.30 bits per heavy atom. The van der Waals surface area contributed by atoms with Gasteiger partial charge in [0, 0.05) is 13.6 Å². The Morgan fingerprint density at radius 2 is 1.95 bits per heavy atom. The number of para-hydroxylation sites is 1. The summed E-state index contributed by atoms with van der Waals surface area (Å²) in [6.07, 6.45) is 1.57. The minimum atomic E-state index is -1.14. The highest BCUT2D eigenvalue weighted by atomic mass is 16.5. The first-order chi connectivity index (χ1) is 9.56. The van der Waals surface area contributed by atoms with Gasteiger partial charge in [-0.05, 0) is 31.4 Å². The number of hydrogen-bond donors (Lipinski definition) is 1. The van der Waals surface area contributed by atoms with E-state index in [1.807, 2.05) is 30.3 Å². The largest absolute Gasteiger partial charge is 0.494 e. The van der Waals surface area contributed by atoms with Gasteiger partial charge in [-0.2, -0.15) is 0 Å². The van der Waals surface area contributed by atoms with Gasteiger partial charge in [0.05, 0.1) is 6.61 Å². The molecule has 0 bridgehead atoms. The average molecular weight is 277 g/mol. The van der Waals surface area contributed by atoms with Gasteiger partial charge in [-0.25, -0.2) is 0 Å². The molecule has 0 radical (unpaired) electrons. The molecule has 108 valence electrons. The summed E-state index contributed by atoms with van der Waals surface area (Å²) < 4.78 is 5.53. The fourth-order valence-corrected chi connectivity index (χ4v) is 2.12. The third-order valence-electron chi connectivity index (χ3n) is 3.57. The number of amides is 1. The number of carboxylic acid groups (broad SMARTS) is 1. The summed E-state index contributed by atoms with van der Waals surface area (Å²) in [7, 11) is 1.65. The molecule has 0 aromatic heterocycles. The minimum absolute atomic E-state index is 0.287. The van der Waals surface area contributed by atoms with Crippen LogP contribution in [0.4, 0.5) is 0 Å². The van der Waals surface area contributed by atoms with Crippen molar-refractivity contribution in [2.45, 2.75) is 19.3 Å². The van der Waals surface area contributed by atoms with E-state index in [-0.39, 0.29) is 5.91 Å². The molecule has 1 N–H and O–H groups in total. The number of nitrogens with zero attached hydrogens (tertiary/aromatic N) is 1. The summed E-state index contributed by atoms with van der Waals surface area (Å²) in [6.45, 7) is 1.00. The van der Waals surface area contributed by atoms with Crippen LogP contribution in [-0.2, 0) is 9.59 Å². The lowest BCUT2D eigenvalue weighted by molar-refractivity contribution is -0.152. The number of benzene rings is 1. The molecule has 1 aromatic rings. The van der Waals surface area contributed by atoms with E-state index in [9.17, 15) is 9.59 Å². The summed E-state index contributed by atoms with van der Waals surface area (Å²) in [6, 6.07) is 9.46. The number of carbonyl (C=O) groups excluding carboxylic acids is 1. The Bertz CT molecular complexity index is 482. The van der Waals surface area contributed by atoms with Gasteiger partial charge in [0.1, 0.15) is 11.2 Å². The molecule has 2 rings (SSSR count). The molecule has 1 aromatic carbocycles. The van der Waals surface area contributed by atoms with Gasteiger partial charge in [-0.3, -0.25) is 9.59 Å². The van der Waals surface area contributed by atoms with Crippen LogP contribution in [0.2, 0.25) is 0 Å². The lowest BCUT2D eigenvalue weighted by Crippen LogP contribution is -2.39. The predicted octanol–water partition coefficient (Wildman–Crippen LogP) is 1.78. The van der Waals surface area contributed by atoms with Crippen LogP contribution in [0.1, 0.15) is 19.3 Å². The van der Waals surface area contributed by atoms with Crippen LogP contribution < -0.4 is 4.74 Å². The van der Waals surface area contributed by atoms with Crippen molar-refractivity contribution in [3.63, 3.8) is 0 Å². The maximum atomic E-state index is 12.0. The second-order valence-electron chi connectivity index (χ2n) is 5.13. The number of hydrogen-bond acceptors (Lipinski definition) is 3. The Balaban J connectivity index is 1.72. The monoisotopic (exact) mass is 277 g/mol. The Labute approximate surface area is 118 Å². The molecule has 0 heterocycles. The van der Waals surface area contributed by atoms with E-state index in [0.717, 1.165) is 5.75 Å². The molecule has 0 atom stereocenters. The van der Waals surface area contributed by atoms with Crippen molar-refractivity contribution in [3.05, 3.63) is 30.3 Å². The molecule has 20 heavy (non-hydrogen) atoms. The Morgan fingerprint density at radius 3 is 2.50 bits per heavy atom. The quantitative estimate of drug-likeness (QED) is 0.609. The number of rotatable bonds is 7. The van der Waals surface area contributed by atoms with Gasteiger partial charge < -0.3 is 14.7 Å². The van der Waals surface area contributed by atoms with E-state index in [1.54, 1.807) is 7.05 Å². The van der Waals surface area contributed by atoms with Gasteiger partial charge >= 0.3 is 5.97 Å². The summed E-state index contributed by atoms with van der Waals surface area (Å²) in [5.41, 5.74) is -1.14. The van der Waals surface area contributed by atoms with E-state index < -0.39 is 11.4 Å². The predicted molar refractivity (Wildman–Crippen MR) is 73.5 cm³/mol. The third kappa shape index (κ3) is 3.10. The zero-order valence-corrected chi connectivity index (χ0v) is 11.5. The van der Waals surface area contributed by atoms with Crippen LogP contribution in [0.3, 0.4) is 0 Å². The molecule has 1 aliphatic carbocycles. The van der Waals surface area contributed by atoms with Crippen molar-refractivity contribution >= 4 is 11.9 Å². The second-order valence-corrected chi connectivity index (χ2v) is 5.13. The highest BCUT2D eigenvalue weighted by molar-refractivity contribution is 6.04. The molecule has 1 aliphatic rings. The molecule has 0 saturated heterocycles. The standard InChI is InChI=1S/C15H19NO4/c1-16(13(17)15(8-9-15)14(18)19)10-5-11-20-12-6-3-2-4-7-12/h2-4,6-7H,5,8-11H2,1H3,(H,18,19). The van der Waals surface area contributed by atoms with Gasteiger partial charge in [0.25, 0.3) is 0 Å². The van der Waals surface area contributed by atoms with Crippen molar-refractivity contribution in [3.8, 4) is 5.75 Å². The number of ether oxygens (including phenoxy) is 1. The van der Waals surface area contributed by atoms with Gasteiger partial charge in [-0.1, -0.05) is 18.2 Å². The number of carboxylic acids is 1. The van der Waals surface area contributed by atoms with Crippen LogP contribution in [0.25, 0.3) is 0 Å². The van der Waals surface area contributed by atoms with Crippen molar-refractivity contribution in [2.24, 2.45) is 5.41 Å². The van der Waals surface area contributed by atoms with Crippen molar-refractivity contribution < 1.29 is 19.4 Å². The maximum Gasteiger partial charge on any atom is 0.319 e. The normalized spacial score (nSPS) is 15.4. The minimum Gasteiger partial charge on any atom is -0.494 e. The smallest absolute Gasteiger partial charge is 0.319 e. The second kappa shape index (κ2) is 5.94. The first-order valence-corrected chi connectivity index (χ1v) is 6.73. The molecule has 0 unspecified atom stereocenters. The van der Waals surface area contributed by atoms with Crippen molar-refractivity contribution in [1.82, 2.24) is 4.90 Å². The molecule has 1 fully saturated rings. The summed E-state index contributed by atoms with van der Waals surface area (Å²) in [4.78, 5) is 24.6. The van der Waals surface area contributed by atoms with Crippen LogP contribution >= 0.6 is 0 Å². The van der Waals surface area contributed by atoms with Gasteiger partial charge in [0.2, 0.25) is 5.91 Å². The SMILES string of the molecule is CN(CCCOc1ccccc1)C(=O)C1(C(=O)O)CC1. The Hall–Kier alpha value is -2.04. The fourth-order valence-electron chi connectivity index (χ4n) is 2.12. The summed E-state index contributed by atoms with van der Waals surface area (Å²) in [5, 5.41) is 9.07. The topological polar surface area (TPSA) is 66.8 Å². The van der Waals surface area contributed by atoms with E-state index >= 15 is 0 Å². The fraction of sp³-hybridized carbons (Fsp3) is 0.467. The lowest BCUT2D eigenvalue weighted by Gasteiger charge is -2.21. The number of aliphatic carboxylic acids is 1. The Kier molecular flexibility index (Phi) is 4.27. The van der Waals surface area contributed by atoms with Crippen molar-refractivity contribution in [2.75, 3.05) is 20.2 Å². The first-order valence-electron chi connectivity index (χ1n) is 6.73.